The van der Waals surface area contributed by atoms with E-state index in [9.17, 15) is 14.4 Å². The molecule has 1 amide bonds. The molecule has 2 heterocycles. The summed E-state index contributed by atoms with van der Waals surface area (Å²) < 4.78 is 12.2. The van der Waals surface area contributed by atoms with Gasteiger partial charge in [0.15, 0.2) is 6.10 Å². The first kappa shape index (κ1) is 23.5. The van der Waals surface area contributed by atoms with Crippen LogP contribution in [0, 0.1) is 0 Å². The molecule has 0 saturated carbocycles. The lowest BCUT2D eigenvalue weighted by Crippen LogP contribution is -2.42. The van der Waals surface area contributed by atoms with E-state index in [2.05, 4.69) is 4.98 Å². The Kier molecular flexibility index (Phi) is 7.25. The molecular formula is C26H29N3O5. The number of carbonyl (C=O) groups is 2. The molecule has 3 aromatic rings. The number of nitrogens with zero attached hydrogens (tertiary/aromatic N) is 3. The number of para-hydroxylation sites is 2. The van der Waals surface area contributed by atoms with E-state index in [1.165, 1.54) is 0 Å². The van der Waals surface area contributed by atoms with Crippen molar-refractivity contribution < 1.29 is 19.1 Å². The number of hydrogen-bond donors (Lipinski definition) is 0. The van der Waals surface area contributed by atoms with Crippen LogP contribution in [0.4, 0.5) is 0 Å². The minimum absolute atomic E-state index is 0.0409. The van der Waals surface area contributed by atoms with Gasteiger partial charge in [0, 0.05) is 25.2 Å². The van der Waals surface area contributed by atoms with Crippen molar-refractivity contribution >= 4 is 22.9 Å². The molecule has 1 aliphatic rings. The summed E-state index contributed by atoms with van der Waals surface area (Å²) in [5, 5.41) is 0. The maximum absolute atomic E-state index is 13.3. The Labute approximate surface area is 198 Å². The summed E-state index contributed by atoms with van der Waals surface area (Å²) in [6.07, 6.45) is 2.29. The van der Waals surface area contributed by atoms with Crippen molar-refractivity contribution in [2.75, 3.05) is 20.2 Å². The van der Waals surface area contributed by atoms with E-state index in [0.717, 1.165) is 19.3 Å². The van der Waals surface area contributed by atoms with Crippen molar-refractivity contribution in [3.8, 4) is 11.4 Å². The van der Waals surface area contributed by atoms with Gasteiger partial charge >= 0.3 is 5.97 Å². The summed E-state index contributed by atoms with van der Waals surface area (Å²) >= 11 is 0. The lowest BCUT2D eigenvalue weighted by molar-refractivity contribution is -0.159. The highest BCUT2D eigenvalue weighted by Crippen LogP contribution is 2.19. The number of methoxy groups -OCH3 is 1. The largest absolute Gasteiger partial charge is 0.497 e. The minimum Gasteiger partial charge on any atom is -0.497 e. The van der Waals surface area contributed by atoms with Gasteiger partial charge in [0.1, 0.15) is 11.4 Å². The zero-order valence-corrected chi connectivity index (χ0v) is 19.5. The number of hydrogen-bond acceptors (Lipinski definition) is 6. The molecule has 0 N–H and O–H groups in total. The second-order valence-electron chi connectivity index (χ2n) is 8.40. The van der Waals surface area contributed by atoms with Crippen molar-refractivity contribution in [3.05, 3.63) is 64.6 Å². The molecule has 2 aromatic carbocycles. The molecule has 1 aromatic heterocycles. The summed E-state index contributed by atoms with van der Waals surface area (Å²) in [4.78, 5) is 44.6. The number of esters is 1. The van der Waals surface area contributed by atoms with Crippen LogP contribution in [0.15, 0.2) is 53.3 Å². The molecule has 8 heteroatoms. The SMILES string of the molecule is COc1ccc(-n2c(=O)c(CCC(=O)O[C@@H](C)C(=O)N3CCCCC3)nc3ccccc32)cc1. The third kappa shape index (κ3) is 5.11. The Morgan fingerprint density at radius 3 is 2.44 bits per heavy atom. The Morgan fingerprint density at radius 1 is 1.03 bits per heavy atom. The maximum Gasteiger partial charge on any atom is 0.306 e. The predicted molar refractivity (Wildman–Crippen MR) is 128 cm³/mol. The van der Waals surface area contributed by atoms with Gasteiger partial charge < -0.3 is 14.4 Å². The van der Waals surface area contributed by atoms with Crippen LogP contribution in [-0.4, -0.2) is 52.6 Å². The molecule has 1 saturated heterocycles. The van der Waals surface area contributed by atoms with Crippen molar-refractivity contribution in [3.63, 3.8) is 0 Å². The Morgan fingerprint density at radius 2 is 1.74 bits per heavy atom. The zero-order chi connectivity index (χ0) is 24.1. The van der Waals surface area contributed by atoms with Crippen LogP contribution < -0.4 is 10.3 Å². The number of amides is 1. The van der Waals surface area contributed by atoms with E-state index in [1.807, 2.05) is 24.3 Å². The molecule has 0 spiro atoms. The van der Waals surface area contributed by atoms with Crippen LogP contribution >= 0.6 is 0 Å². The van der Waals surface area contributed by atoms with E-state index >= 15 is 0 Å². The van der Waals surface area contributed by atoms with Gasteiger partial charge in [0.25, 0.3) is 11.5 Å². The molecule has 0 radical (unpaired) electrons. The van der Waals surface area contributed by atoms with Gasteiger partial charge in [0.2, 0.25) is 0 Å². The third-order valence-corrected chi connectivity index (χ3v) is 6.05. The highest BCUT2D eigenvalue weighted by atomic mass is 16.5. The Bertz CT molecular complexity index is 1230. The number of piperidine rings is 1. The third-order valence-electron chi connectivity index (χ3n) is 6.05. The topological polar surface area (TPSA) is 90.7 Å². The van der Waals surface area contributed by atoms with Gasteiger partial charge in [-0.2, -0.15) is 0 Å². The predicted octanol–water partition coefficient (Wildman–Crippen LogP) is 3.27. The molecular weight excluding hydrogens is 434 g/mol. The van der Waals surface area contributed by atoms with E-state index in [-0.39, 0.29) is 30.0 Å². The molecule has 34 heavy (non-hydrogen) atoms. The van der Waals surface area contributed by atoms with Gasteiger partial charge in [-0.25, -0.2) is 4.98 Å². The summed E-state index contributed by atoms with van der Waals surface area (Å²) in [5.74, 6) is -0.00620. The Hall–Kier alpha value is -3.68. The average molecular weight is 464 g/mol. The molecule has 4 rings (SSSR count). The number of fused-ring (bicyclic) bond motifs is 1. The molecule has 0 aliphatic carbocycles. The van der Waals surface area contributed by atoms with Crippen molar-refractivity contribution in [1.82, 2.24) is 14.5 Å². The molecule has 0 bridgehead atoms. The lowest BCUT2D eigenvalue weighted by Gasteiger charge is -2.28. The van der Waals surface area contributed by atoms with E-state index < -0.39 is 12.1 Å². The van der Waals surface area contributed by atoms with Gasteiger partial charge in [-0.05, 0) is 62.6 Å². The summed E-state index contributed by atoms with van der Waals surface area (Å²) in [5.41, 5.74) is 1.96. The van der Waals surface area contributed by atoms with Gasteiger partial charge in [-0.1, -0.05) is 12.1 Å². The molecule has 1 atom stereocenters. The van der Waals surface area contributed by atoms with Gasteiger partial charge in [-0.3, -0.25) is 19.0 Å². The first-order valence-electron chi connectivity index (χ1n) is 11.6. The zero-order valence-electron chi connectivity index (χ0n) is 19.5. The normalized spacial score (nSPS) is 14.6. The molecule has 1 aliphatic heterocycles. The fraction of sp³-hybridized carbons (Fsp3) is 0.385. The van der Waals surface area contributed by atoms with Crippen molar-refractivity contribution in [2.45, 2.75) is 45.1 Å². The highest BCUT2D eigenvalue weighted by Gasteiger charge is 2.25. The monoisotopic (exact) mass is 463 g/mol. The fourth-order valence-corrected chi connectivity index (χ4v) is 4.23. The van der Waals surface area contributed by atoms with E-state index in [1.54, 1.807) is 47.8 Å². The summed E-state index contributed by atoms with van der Waals surface area (Å²) in [6, 6.07) is 14.5. The number of likely N-dealkylation sites (tertiary alicyclic amines) is 1. The standard InChI is InChI=1S/C26H29N3O5/c1-18(25(31)28-16-6-3-7-17-28)34-24(30)15-14-22-26(32)29(19-10-12-20(33-2)13-11-19)23-9-5-4-8-21(23)27-22/h4-5,8-13,18H,3,6-7,14-17H2,1-2H3/t18-/m0/s1. The minimum atomic E-state index is -0.842. The van der Waals surface area contributed by atoms with Crippen LogP contribution in [0.5, 0.6) is 5.75 Å². The van der Waals surface area contributed by atoms with Crippen LogP contribution in [0.25, 0.3) is 16.7 Å². The first-order valence-corrected chi connectivity index (χ1v) is 11.6. The van der Waals surface area contributed by atoms with Crippen LogP contribution in [-0.2, 0) is 20.7 Å². The van der Waals surface area contributed by atoms with Crippen molar-refractivity contribution in [2.24, 2.45) is 0 Å². The van der Waals surface area contributed by atoms with Crippen LogP contribution in [0.2, 0.25) is 0 Å². The van der Waals surface area contributed by atoms with Crippen LogP contribution in [0.3, 0.4) is 0 Å². The van der Waals surface area contributed by atoms with Gasteiger partial charge in [0.05, 0.1) is 24.6 Å². The molecule has 0 unspecified atom stereocenters. The number of aryl methyl sites for hydroxylation is 1. The number of aromatic nitrogens is 2. The molecule has 1 fully saturated rings. The number of benzene rings is 2. The average Bonchev–Trinajstić information content (AvgIpc) is 2.87. The maximum atomic E-state index is 13.3. The summed E-state index contributed by atoms with van der Waals surface area (Å²) in [6.45, 7) is 3.00. The smallest absolute Gasteiger partial charge is 0.306 e. The van der Waals surface area contributed by atoms with Gasteiger partial charge in [-0.15, -0.1) is 0 Å². The van der Waals surface area contributed by atoms with E-state index in [4.69, 9.17) is 9.47 Å². The number of ether oxygens (including phenoxy) is 2. The first-order chi connectivity index (χ1) is 16.5. The number of rotatable bonds is 7. The lowest BCUT2D eigenvalue weighted by atomic mass is 10.1. The highest BCUT2D eigenvalue weighted by molar-refractivity contribution is 5.83. The fourth-order valence-electron chi connectivity index (χ4n) is 4.23. The Balaban J connectivity index is 1.51. The van der Waals surface area contributed by atoms with E-state index in [0.29, 0.717) is 35.6 Å². The second-order valence-corrected chi connectivity index (χ2v) is 8.40. The number of carbonyl (C=O) groups excluding carboxylic acids is 2. The second kappa shape index (κ2) is 10.5. The quantitative estimate of drug-likeness (QED) is 0.500. The van der Waals surface area contributed by atoms with Crippen molar-refractivity contribution in [1.29, 1.82) is 0 Å². The molecule has 178 valence electrons. The summed E-state index contributed by atoms with van der Waals surface area (Å²) in [7, 11) is 1.58. The molecule has 8 nitrogen and oxygen atoms in total. The van der Waals surface area contributed by atoms with Crippen LogP contribution in [0.1, 0.15) is 38.3 Å².